The first-order chi connectivity index (χ1) is 14.1. The molecule has 2 rings (SSSR count). The van der Waals surface area contributed by atoms with Crippen molar-refractivity contribution in [3.8, 4) is 0 Å². The maximum Gasteiger partial charge on any atom is 0.307 e. The topological polar surface area (TPSA) is 92.8 Å². The maximum atomic E-state index is 13.0. The average molecular weight is 433 g/mol. The molecule has 0 atom stereocenters. The summed E-state index contributed by atoms with van der Waals surface area (Å²) in [6.45, 7) is 6.47. The predicted octanol–water partition coefficient (Wildman–Crippen LogP) is 3.46. The lowest BCUT2D eigenvalue weighted by Gasteiger charge is -2.24. The third kappa shape index (κ3) is 6.59. The van der Waals surface area contributed by atoms with E-state index >= 15 is 0 Å². The minimum absolute atomic E-state index is 0.00797. The molecule has 1 N–H and O–H groups in total. The Balaban J connectivity index is 2.25. The minimum Gasteiger partial charge on any atom is -0.469 e. The molecule has 2 aromatic carbocycles. The van der Waals surface area contributed by atoms with Gasteiger partial charge in [0.05, 0.1) is 18.4 Å². The second kappa shape index (κ2) is 10.2. The number of hydrogen-bond donors (Lipinski definition) is 1. The molecular formula is C22H28N2O5S. The van der Waals surface area contributed by atoms with Crippen molar-refractivity contribution in [3.63, 3.8) is 0 Å². The van der Waals surface area contributed by atoms with E-state index < -0.39 is 16.0 Å². The van der Waals surface area contributed by atoms with Gasteiger partial charge >= 0.3 is 5.97 Å². The van der Waals surface area contributed by atoms with E-state index in [2.05, 4.69) is 9.46 Å². The second-order valence-electron chi connectivity index (χ2n) is 7.47. The van der Waals surface area contributed by atoms with Gasteiger partial charge in [-0.15, -0.1) is 0 Å². The summed E-state index contributed by atoms with van der Waals surface area (Å²) in [5.41, 5.74) is 1.70. The second-order valence-corrected chi connectivity index (χ2v) is 9.15. The Morgan fingerprint density at radius 3 is 2.37 bits per heavy atom. The standard InChI is InChI=1S/C22H28N2O5S/c1-16(2)15-24(13-12-21(25)29-4)22(26)18-6-5-7-20(14-18)30(27,28)23-19-10-8-17(3)9-11-19/h5-11,14,16,23H,12-13,15H2,1-4H3. The number of esters is 1. The van der Waals surface area contributed by atoms with Crippen molar-refractivity contribution in [3.05, 3.63) is 59.7 Å². The van der Waals surface area contributed by atoms with Crippen molar-refractivity contribution in [1.29, 1.82) is 0 Å². The number of nitrogens with zero attached hydrogens (tertiary/aromatic N) is 1. The molecule has 0 radical (unpaired) electrons. The normalized spacial score (nSPS) is 11.2. The van der Waals surface area contributed by atoms with Gasteiger partial charge in [-0.1, -0.05) is 37.6 Å². The summed E-state index contributed by atoms with van der Waals surface area (Å²) >= 11 is 0. The fourth-order valence-electron chi connectivity index (χ4n) is 2.86. The van der Waals surface area contributed by atoms with Gasteiger partial charge in [0.15, 0.2) is 0 Å². The summed E-state index contributed by atoms with van der Waals surface area (Å²) in [6, 6.07) is 12.9. The summed E-state index contributed by atoms with van der Waals surface area (Å²) < 4.78 is 32.7. The lowest BCUT2D eigenvalue weighted by atomic mass is 10.1. The van der Waals surface area contributed by atoms with Crippen molar-refractivity contribution in [2.75, 3.05) is 24.9 Å². The van der Waals surface area contributed by atoms with Gasteiger partial charge in [0.25, 0.3) is 15.9 Å². The first-order valence-corrected chi connectivity index (χ1v) is 11.2. The Morgan fingerprint density at radius 2 is 1.77 bits per heavy atom. The number of hydrogen-bond acceptors (Lipinski definition) is 5. The molecule has 0 saturated heterocycles. The van der Waals surface area contributed by atoms with Crippen molar-refractivity contribution in [1.82, 2.24) is 4.90 Å². The number of nitrogens with one attached hydrogen (secondary N) is 1. The molecule has 0 saturated carbocycles. The molecule has 162 valence electrons. The van der Waals surface area contributed by atoms with Crippen LogP contribution in [0.5, 0.6) is 0 Å². The third-order valence-electron chi connectivity index (χ3n) is 4.38. The van der Waals surface area contributed by atoms with Crippen molar-refractivity contribution < 1.29 is 22.7 Å². The Morgan fingerprint density at radius 1 is 1.10 bits per heavy atom. The zero-order valence-corrected chi connectivity index (χ0v) is 18.5. The molecule has 0 spiro atoms. The highest BCUT2D eigenvalue weighted by Crippen LogP contribution is 2.19. The zero-order chi connectivity index (χ0) is 22.3. The molecule has 0 aliphatic rings. The maximum absolute atomic E-state index is 13.0. The largest absolute Gasteiger partial charge is 0.469 e. The van der Waals surface area contributed by atoms with Gasteiger partial charge in [-0.3, -0.25) is 14.3 Å². The number of rotatable bonds is 9. The van der Waals surface area contributed by atoms with Gasteiger partial charge in [-0.25, -0.2) is 8.42 Å². The number of aryl methyl sites for hydroxylation is 1. The molecule has 8 heteroatoms. The fraction of sp³-hybridized carbons (Fsp3) is 0.364. The lowest BCUT2D eigenvalue weighted by molar-refractivity contribution is -0.140. The average Bonchev–Trinajstić information content (AvgIpc) is 2.71. The number of amides is 1. The predicted molar refractivity (Wildman–Crippen MR) is 116 cm³/mol. The molecule has 0 aliphatic carbocycles. The van der Waals surface area contributed by atoms with Crippen LogP contribution in [0.25, 0.3) is 0 Å². The highest BCUT2D eigenvalue weighted by Gasteiger charge is 2.21. The number of carbonyl (C=O) groups excluding carboxylic acids is 2. The van der Waals surface area contributed by atoms with E-state index in [0.717, 1.165) is 5.56 Å². The molecular weight excluding hydrogens is 404 g/mol. The Bertz CT molecular complexity index is 985. The van der Waals surface area contributed by atoms with E-state index in [-0.39, 0.29) is 35.2 Å². The van der Waals surface area contributed by atoms with Crippen molar-refractivity contribution in [2.45, 2.75) is 32.1 Å². The highest BCUT2D eigenvalue weighted by atomic mass is 32.2. The minimum atomic E-state index is -3.86. The smallest absolute Gasteiger partial charge is 0.307 e. The molecule has 0 fully saturated rings. The molecule has 2 aromatic rings. The Labute approximate surface area is 178 Å². The van der Waals surface area contributed by atoms with Crippen LogP contribution in [0.3, 0.4) is 0 Å². The van der Waals surface area contributed by atoms with E-state index in [1.165, 1.54) is 25.3 Å². The lowest BCUT2D eigenvalue weighted by Crippen LogP contribution is -2.36. The summed E-state index contributed by atoms with van der Waals surface area (Å²) in [6.07, 6.45) is 0.0714. The first-order valence-electron chi connectivity index (χ1n) is 9.68. The SMILES string of the molecule is COC(=O)CCN(CC(C)C)C(=O)c1cccc(S(=O)(=O)Nc2ccc(C)cc2)c1. The van der Waals surface area contributed by atoms with E-state index in [1.54, 1.807) is 23.1 Å². The van der Waals surface area contributed by atoms with E-state index in [9.17, 15) is 18.0 Å². The summed E-state index contributed by atoms with van der Waals surface area (Å²) in [7, 11) is -2.56. The molecule has 0 bridgehead atoms. The first kappa shape index (κ1) is 23.4. The van der Waals surface area contributed by atoms with Gasteiger partial charge in [-0.2, -0.15) is 0 Å². The van der Waals surface area contributed by atoms with E-state index in [4.69, 9.17) is 0 Å². The van der Waals surface area contributed by atoms with Crippen molar-refractivity contribution in [2.24, 2.45) is 5.92 Å². The number of carbonyl (C=O) groups is 2. The third-order valence-corrected chi connectivity index (χ3v) is 5.76. The fourth-order valence-corrected chi connectivity index (χ4v) is 3.96. The van der Waals surface area contributed by atoms with Crippen LogP contribution in [-0.4, -0.2) is 45.4 Å². The van der Waals surface area contributed by atoms with Crippen LogP contribution in [0.4, 0.5) is 5.69 Å². The summed E-state index contributed by atoms with van der Waals surface area (Å²) in [5, 5.41) is 0. The van der Waals surface area contributed by atoms with Crippen molar-refractivity contribution >= 4 is 27.6 Å². The van der Waals surface area contributed by atoms with Crippen LogP contribution in [0.15, 0.2) is 53.4 Å². The van der Waals surface area contributed by atoms with Crippen LogP contribution < -0.4 is 4.72 Å². The number of methoxy groups -OCH3 is 1. The molecule has 0 aliphatic heterocycles. The van der Waals surface area contributed by atoms with Gasteiger partial charge in [0.1, 0.15) is 0 Å². The van der Waals surface area contributed by atoms with Crippen LogP contribution in [0, 0.1) is 12.8 Å². The zero-order valence-electron chi connectivity index (χ0n) is 17.7. The van der Waals surface area contributed by atoms with Gasteiger partial charge in [0, 0.05) is 24.3 Å². The molecule has 30 heavy (non-hydrogen) atoms. The van der Waals surface area contributed by atoms with Crippen LogP contribution in [0.2, 0.25) is 0 Å². The molecule has 0 aromatic heterocycles. The molecule has 0 unspecified atom stereocenters. The summed E-state index contributed by atoms with van der Waals surface area (Å²) in [4.78, 5) is 26.0. The van der Waals surface area contributed by atoms with E-state index in [1.807, 2.05) is 32.9 Å². The van der Waals surface area contributed by atoms with Gasteiger partial charge in [0.2, 0.25) is 0 Å². The van der Waals surface area contributed by atoms with Crippen LogP contribution >= 0.6 is 0 Å². The van der Waals surface area contributed by atoms with Gasteiger partial charge < -0.3 is 9.64 Å². The number of benzene rings is 2. The number of sulfonamides is 1. The monoisotopic (exact) mass is 432 g/mol. The molecule has 1 amide bonds. The summed E-state index contributed by atoms with van der Waals surface area (Å²) in [5.74, 6) is -0.558. The quantitative estimate of drug-likeness (QED) is 0.613. The van der Waals surface area contributed by atoms with Crippen LogP contribution in [-0.2, 0) is 19.6 Å². The highest BCUT2D eigenvalue weighted by molar-refractivity contribution is 7.92. The Hall–Kier alpha value is -2.87. The number of ether oxygens (including phenoxy) is 1. The molecule has 0 heterocycles. The Kier molecular flexibility index (Phi) is 8.00. The van der Waals surface area contributed by atoms with Crippen LogP contribution in [0.1, 0.15) is 36.2 Å². The molecule has 7 nitrogen and oxygen atoms in total. The number of anilines is 1. The van der Waals surface area contributed by atoms with E-state index in [0.29, 0.717) is 12.2 Å². The van der Waals surface area contributed by atoms with Gasteiger partial charge in [-0.05, 0) is 43.2 Å².